The molecular formula is C24H23IO2S. The van der Waals surface area contributed by atoms with Crippen molar-refractivity contribution in [3.8, 4) is 11.5 Å². The Balaban J connectivity index is 1.87. The molecule has 0 N–H and O–H groups in total. The molecule has 0 saturated heterocycles. The number of ether oxygens (including phenoxy) is 2. The highest BCUT2D eigenvalue weighted by molar-refractivity contribution is 14.1. The number of rotatable bonds is 8. The average Bonchev–Trinajstić information content (AvgIpc) is 2.76. The molecule has 0 amide bonds. The van der Waals surface area contributed by atoms with Crippen LogP contribution in [-0.4, -0.2) is 20.0 Å². The van der Waals surface area contributed by atoms with Crippen LogP contribution in [0.4, 0.5) is 0 Å². The molecule has 0 radical (unpaired) electrons. The monoisotopic (exact) mass is 502 g/mol. The van der Waals surface area contributed by atoms with Crippen LogP contribution in [0.2, 0.25) is 0 Å². The van der Waals surface area contributed by atoms with Crippen molar-refractivity contribution in [2.45, 2.75) is 11.3 Å². The minimum Gasteiger partial charge on any atom is -0.497 e. The van der Waals surface area contributed by atoms with E-state index in [0.717, 1.165) is 23.7 Å². The van der Waals surface area contributed by atoms with Crippen molar-refractivity contribution in [1.82, 2.24) is 0 Å². The van der Waals surface area contributed by atoms with Crippen molar-refractivity contribution >= 4 is 39.9 Å². The van der Waals surface area contributed by atoms with Gasteiger partial charge in [-0.1, -0.05) is 42.5 Å². The molecule has 3 aromatic rings. The summed E-state index contributed by atoms with van der Waals surface area (Å²) >= 11 is 4.38. The lowest BCUT2D eigenvalue weighted by atomic mass is 9.97. The Kier molecular flexibility index (Phi) is 7.86. The molecule has 144 valence electrons. The Hall–Kier alpha value is -1.92. The molecular weight excluding hydrogens is 479 g/mol. The van der Waals surface area contributed by atoms with E-state index in [0.29, 0.717) is 0 Å². The summed E-state index contributed by atoms with van der Waals surface area (Å²) < 4.78 is 12.0. The summed E-state index contributed by atoms with van der Waals surface area (Å²) in [6.07, 6.45) is 1.01. The van der Waals surface area contributed by atoms with Crippen LogP contribution in [0.15, 0.2) is 87.3 Å². The third kappa shape index (κ3) is 5.55. The number of hydrogen-bond donors (Lipinski definition) is 0. The maximum Gasteiger partial charge on any atom is 0.118 e. The van der Waals surface area contributed by atoms with Crippen LogP contribution in [0.3, 0.4) is 0 Å². The Morgan fingerprint density at radius 1 is 0.750 bits per heavy atom. The predicted molar refractivity (Wildman–Crippen MR) is 128 cm³/mol. The molecule has 0 heterocycles. The molecule has 0 aliphatic carbocycles. The molecule has 0 bridgehead atoms. The zero-order valence-corrected chi connectivity index (χ0v) is 19.0. The highest BCUT2D eigenvalue weighted by Gasteiger charge is 2.11. The maximum atomic E-state index is 5.32. The molecule has 0 fully saturated rings. The highest BCUT2D eigenvalue weighted by atomic mass is 127. The number of thioether (sulfide) groups is 1. The second-order valence-electron chi connectivity index (χ2n) is 6.15. The Labute approximate surface area is 185 Å². The van der Waals surface area contributed by atoms with Gasteiger partial charge in [0, 0.05) is 10.6 Å². The van der Waals surface area contributed by atoms with Crippen LogP contribution in [-0.2, 0) is 0 Å². The normalized spacial score (nSPS) is 10.4. The number of methoxy groups -OCH3 is 2. The predicted octanol–water partition coefficient (Wildman–Crippen LogP) is 7.08. The minimum absolute atomic E-state index is 0.868. The van der Waals surface area contributed by atoms with Crippen molar-refractivity contribution in [2.75, 3.05) is 20.0 Å². The molecule has 3 aromatic carbocycles. The van der Waals surface area contributed by atoms with E-state index in [-0.39, 0.29) is 0 Å². The Morgan fingerprint density at radius 2 is 1.25 bits per heavy atom. The summed E-state index contributed by atoms with van der Waals surface area (Å²) in [5, 5.41) is 0. The zero-order chi connectivity index (χ0) is 19.8. The van der Waals surface area contributed by atoms with E-state index in [1.54, 1.807) is 14.2 Å². The molecule has 0 aliphatic heterocycles. The van der Waals surface area contributed by atoms with Crippen molar-refractivity contribution in [1.29, 1.82) is 0 Å². The number of benzene rings is 3. The van der Waals surface area contributed by atoms with Crippen LogP contribution >= 0.6 is 34.4 Å². The Bertz CT molecular complexity index is 854. The van der Waals surface area contributed by atoms with Gasteiger partial charge < -0.3 is 9.47 Å². The molecule has 3 rings (SSSR count). The van der Waals surface area contributed by atoms with Gasteiger partial charge in [-0.15, -0.1) is 11.8 Å². The molecule has 28 heavy (non-hydrogen) atoms. The van der Waals surface area contributed by atoms with Crippen molar-refractivity contribution in [3.05, 3.63) is 93.6 Å². The molecule has 0 aliphatic rings. The average molecular weight is 502 g/mol. The molecule has 0 spiro atoms. The summed E-state index contributed by atoms with van der Waals surface area (Å²) in [4.78, 5) is 1.31. The lowest BCUT2D eigenvalue weighted by Gasteiger charge is -2.14. The van der Waals surface area contributed by atoms with Gasteiger partial charge in [-0.3, -0.25) is 0 Å². The second-order valence-corrected chi connectivity index (χ2v) is 8.62. The van der Waals surface area contributed by atoms with E-state index < -0.39 is 0 Å². The van der Waals surface area contributed by atoms with E-state index in [2.05, 4.69) is 77.2 Å². The van der Waals surface area contributed by atoms with Crippen LogP contribution in [0.25, 0.3) is 5.57 Å². The smallest absolute Gasteiger partial charge is 0.118 e. The number of allylic oxidation sites excluding steroid dienone is 1. The third-order valence-electron chi connectivity index (χ3n) is 4.36. The van der Waals surface area contributed by atoms with Gasteiger partial charge in [0.2, 0.25) is 0 Å². The fraction of sp³-hybridized carbons (Fsp3) is 0.167. The Morgan fingerprint density at radius 3 is 1.71 bits per heavy atom. The van der Waals surface area contributed by atoms with Crippen molar-refractivity contribution in [2.24, 2.45) is 0 Å². The van der Waals surface area contributed by atoms with E-state index in [1.165, 1.54) is 25.2 Å². The second kappa shape index (κ2) is 10.6. The van der Waals surface area contributed by atoms with Gasteiger partial charge in [0.25, 0.3) is 0 Å². The highest BCUT2D eigenvalue weighted by Crippen LogP contribution is 2.35. The summed E-state index contributed by atoms with van der Waals surface area (Å²) in [6.45, 7) is 0. The first-order chi connectivity index (χ1) is 13.7. The SMILES string of the molecule is COc1ccc(C(=C(I)CCSc2ccccc2)c2ccc(OC)cc2)cc1. The fourth-order valence-electron chi connectivity index (χ4n) is 2.90. The molecule has 0 unspecified atom stereocenters. The van der Waals surface area contributed by atoms with Gasteiger partial charge in [0.15, 0.2) is 0 Å². The third-order valence-corrected chi connectivity index (χ3v) is 6.45. The quantitative estimate of drug-likeness (QED) is 0.242. The van der Waals surface area contributed by atoms with Gasteiger partial charge in [-0.25, -0.2) is 0 Å². The van der Waals surface area contributed by atoms with Crippen molar-refractivity contribution in [3.63, 3.8) is 0 Å². The summed E-state index contributed by atoms with van der Waals surface area (Å²) in [5.41, 5.74) is 3.65. The number of hydrogen-bond acceptors (Lipinski definition) is 3. The summed E-state index contributed by atoms with van der Waals surface area (Å²) in [7, 11) is 3.39. The first-order valence-corrected chi connectivity index (χ1v) is 11.1. The van der Waals surface area contributed by atoms with E-state index >= 15 is 0 Å². The first kappa shape index (κ1) is 20.8. The van der Waals surface area contributed by atoms with Crippen molar-refractivity contribution < 1.29 is 9.47 Å². The molecule has 2 nitrogen and oxygen atoms in total. The van der Waals surface area contributed by atoms with Gasteiger partial charge in [-0.2, -0.15) is 0 Å². The van der Waals surface area contributed by atoms with Crippen LogP contribution in [0, 0.1) is 0 Å². The van der Waals surface area contributed by atoms with Crippen LogP contribution in [0.1, 0.15) is 17.5 Å². The standard InChI is InChI=1S/C24H23IO2S/c1-26-20-12-8-18(9-13-20)24(19-10-14-21(27-2)15-11-19)23(25)16-17-28-22-6-4-3-5-7-22/h3-15H,16-17H2,1-2H3. The van der Waals surface area contributed by atoms with Gasteiger partial charge in [0.1, 0.15) is 11.5 Å². The zero-order valence-electron chi connectivity index (χ0n) is 16.0. The van der Waals surface area contributed by atoms with E-state index in [1.807, 2.05) is 36.0 Å². The van der Waals surface area contributed by atoms with E-state index in [9.17, 15) is 0 Å². The topological polar surface area (TPSA) is 18.5 Å². The van der Waals surface area contributed by atoms with E-state index in [4.69, 9.17) is 9.47 Å². The first-order valence-electron chi connectivity index (χ1n) is 9.06. The lowest BCUT2D eigenvalue weighted by molar-refractivity contribution is 0.414. The molecule has 0 aromatic heterocycles. The van der Waals surface area contributed by atoms with Crippen LogP contribution < -0.4 is 9.47 Å². The fourth-order valence-corrected chi connectivity index (χ4v) is 5.05. The minimum atomic E-state index is 0.868. The molecule has 0 saturated carbocycles. The largest absolute Gasteiger partial charge is 0.497 e. The maximum absolute atomic E-state index is 5.32. The van der Waals surface area contributed by atoms with Crippen LogP contribution in [0.5, 0.6) is 11.5 Å². The molecule has 4 heteroatoms. The van der Waals surface area contributed by atoms with Gasteiger partial charge >= 0.3 is 0 Å². The number of halogens is 1. The molecule has 0 atom stereocenters. The summed E-state index contributed by atoms with van der Waals surface area (Å²) in [6, 6.07) is 27.1. The van der Waals surface area contributed by atoms with Gasteiger partial charge in [-0.05, 0) is 85.7 Å². The summed E-state index contributed by atoms with van der Waals surface area (Å²) in [5.74, 6) is 2.78. The van der Waals surface area contributed by atoms with Gasteiger partial charge in [0.05, 0.1) is 14.2 Å². The lowest BCUT2D eigenvalue weighted by Crippen LogP contribution is -1.94.